The third-order valence-corrected chi connectivity index (χ3v) is 3.85. The molecule has 2 rings (SSSR count). The Bertz CT molecular complexity index is 555. The van der Waals surface area contributed by atoms with Gasteiger partial charge < -0.3 is 4.57 Å². The quantitative estimate of drug-likeness (QED) is 0.726. The zero-order valence-corrected chi connectivity index (χ0v) is 11.6. The van der Waals surface area contributed by atoms with Gasteiger partial charge in [0.1, 0.15) is 0 Å². The van der Waals surface area contributed by atoms with Crippen LogP contribution < -0.4 is 0 Å². The second-order valence-electron chi connectivity index (χ2n) is 4.70. The summed E-state index contributed by atoms with van der Waals surface area (Å²) >= 11 is 6.05. The maximum absolute atomic E-state index is 11.1. The van der Waals surface area contributed by atoms with Gasteiger partial charge in [-0.1, -0.05) is 44.4 Å². The number of carbonyl (C=O) groups is 1. The van der Waals surface area contributed by atoms with Crippen LogP contribution >= 0.6 is 11.6 Å². The Balaban J connectivity index is 2.49. The summed E-state index contributed by atoms with van der Waals surface area (Å²) in [6, 6.07) is 5.69. The van der Waals surface area contributed by atoms with Crippen LogP contribution in [0, 0.1) is 5.92 Å². The fourth-order valence-corrected chi connectivity index (χ4v) is 2.53. The molecule has 3 heteroatoms. The van der Waals surface area contributed by atoms with Gasteiger partial charge in [-0.25, -0.2) is 0 Å². The molecule has 0 bridgehead atoms. The van der Waals surface area contributed by atoms with Crippen LogP contribution in [-0.4, -0.2) is 10.9 Å². The second kappa shape index (κ2) is 5.57. The van der Waals surface area contributed by atoms with Crippen LogP contribution in [0.4, 0.5) is 0 Å². The Morgan fingerprint density at radius 3 is 2.67 bits per heavy atom. The molecule has 0 aliphatic heterocycles. The fraction of sp³-hybridized carbons (Fsp3) is 0.400. The summed E-state index contributed by atoms with van der Waals surface area (Å²) in [5, 5.41) is 1.70. The van der Waals surface area contributed by atoms with Crippen molar-refractivity contribution in [1.82, 2.24) is 4.57 Å². The minimum Gasteiger partial charge on any atom is -0.346 e. The lowest BCUT2D eigenvalue weighted by Gasteiger charge is -2.14. The number of aldehydes is 1. The monoisotopic (exact) mass is 263 g/mol. The Morgan fingerprint density at radius 1 is 1.33 bits per heavy atom. The molecule has 1 aromatic carbocycles. The highest BCUT2D eigenvalue weighted by Gasteiger charge is 2.11. The van der Waals surface area contributed by atoms with Gasteiger partial charge in [0.05, 0.1) is 5.52 Å². The van der Waals surface area contributed by atoms with E-state index >= 15 is 0 Å². The molecule has 0 saturated heterocycles. The molecule has 0 N–H and O–H groups in total. The molecule has 18 heavy (non-hydrogen) atoms. The standard InChI is InChI=1S/C15H18ClNO/c1-3-11(4-2)8-17-9-12(10-18)14-6-5-13(16)7-15(14)17/h5-7,9-11H,3-4,8H2,1-2H3. The van der Waals surface area contributed by atoms with Gasteiger partial charge in [0.2, 0.25) is 0 Å². The molecule has 0 aliphatic carbocycles. The van der Waals surface area contributed by atoms with Crippen LogP contribution in [0.2, 0.25) is 5.02 Å². The number of aromatic nitrogens is 1. The van der Waals surface area contributed by atoms with Crippen LogP contribution in [0.25, 0.3) is 10.9 Å². The number of fused-ring (bicyclic) bond motifs is 1. The van der Waals surface area contributed by atoms with Crippen molar-refractivity contribution in [2.45, 2.75) is 33.2 Å². The van der Waals surface area contributed by atoms with Crippen molar-refractivity contribution in [1.29, 1.82) is 0 Å². The van der Waals surface area contributed by atoms with Crippen LogP contribution in [0.3, 0.4) is 0 Å². The first kappa shape index (κ1) is 13.2. The predicted molar refractivity (Wildman–Crippen MR) is 76.4 cm³/mol. The number of carbonyl (C=O) groups excluding carboxylic acids is 1. The van der Waals surface area contributed by atoms with Crippen LogP contribution in [0.5, 0.6) is 0 Å². The zero-order valence-electron chi connectivity index (χ0n) is 10.8. The van der Waals surface area contributed by atoms with Crippen molar-refractivity contribution < 1.29 is 4.79 Å². The maximum atomic E-state index is 11.1. The van der Waals surface area contributed by atoms with E-state index in [0.29, 0.717) is 10.9 Å². The van der Waals surface area contributed by atoms with Gasteiger partial charge in [-0.3, -0.25) is 4.79 Å². The first-order valence-corrected chi connectivity index (χ1v) is 6.81. The topological polar surface area (TPSA) is 22.0 Å². The molecule has 0 atom stereocenters. The average molecular weight is 264 g/mol. The lowest BCUT2D eigenvalue weighted by Crippen LogP contribution is -2.08. The SMILES string of the molecule is CCC(CC)Cn1cc(C=O)c2ccc(Cl)cc21. The van der Waals surface area contributed by atoms with Crippen molar-refractivity contribution in [3.05, 3.63) is 35.0 Å². The maximum Gasteiger partial charge on any atom is 0.152 e. The summed E-state index contributed by atoms with van der Waals surface area (Å²) in [5.74, 6) is 0.638. The normalized spacial score (nSPS) is 11.3. The van der Waals surface area contributed by atoms with E-state index in [2.05, 4.69) is 18.4 Å². The average Bonchev–Trinajstić information content (AvgIpc) is 2.73. The van der Waals surface area contributed by atoms with Gasteiger partial charge in [-0.2, -0.15) is 0 Å². The van der Waals surface area contributed by atoms with Gasteiger partial charge >= 0.3 is 0 Å². The molecule has 0 saturated carbocycles. The highest BCUT2D eigenvalue weighted by molar-refractivity contribution is 6.31. The van der Waals surface area contributed by atoms with Crippen molar-refractivity contribution in [3.8, 4) is 0 Å². The van der Waals surface area contributed by atoms with Crippen LogP contribution in [0.15, 0.2) is 24.4 Å². The fourth-order valence-electron chi connectivity index (χ4n) is 2.36. The van der Waals surface area contributed by atoms with Crippen LogP contribution in [-0.2, 0) is 6.54 Å². The number of nitrogens with zero attached hydrogens (tertiary/aromatic N) is 1. The highest BCUT2D eigenvalue weighted by atomic mass is 35.5. The second-order valence-corrected chi connectivity index (χ2v) is 5.14. The van der Waals surface area contributed by atoms with Gasteiger partial charge in [0.15, 0.2) is 6.29 Å². The molecule has 1 heterocycles. The zero-order chi connectivity index (χ0) is 13.1. The van der Waals surface area contributed by atoms with Crippen molar-refractivity contribution in [2.24, 2.45) is 5.92 Å². The molecule has 1 aromatic heterocycles. The number of hydrogen-bond acceptors (Lipinski definition) is 1. The Labute approximate surface area is 113 Å². The van der Waals surface area contributed by atoms with E-state index in [0.717, 1.165) is 42.1 Å². The van der Waals surface area contributed by atoms with Crippen LogP contribution in [0.1, 0.15) is 37.0 Å². The molecular weight excluding hydrogens is 246 g/mol. The molecule has 0 aliphatic rings. The molecule has 0 spiro atoms. The number of rotatable bonds is 5. The van der Waals surface area contributed by atoms with E-state index in [1.54, 1.807) is 0 Å². The molecular formula is C15H18ClNO. The van der Waals surface area contributed by atoms with Crippen molar-refractivity contribution >= 4 is 28.8 Å². The summed E-state index contributed by atoms with van der Waals surface area (Å²) < 4.78 is 2.16. The summed E-state index contributed by atoms with van der Waals surface area (Å²) in [6.45, 7) is 5.35. The van der Waals surface area contributed by atoms with E-state index < -0.39 is 0 Å². The summed E-state index contributed by atoms with van der Waals surface area (Å²) in [5.41, 5.74) is 1.80. The first-order chi connectivity index (χ1) is 8.69. The minimum atomic E-state index is 0.638. The summed E-state index contributed by atoms with van der Waals surface area (Å²) in [6.07, 6.45) is 5.15. The van der Waals surface area contributed by atoms with Gasteiger partial charge in [0.25, 0.3) is 0 Å². The Kier molecular flexibility index (Phi) is 4.07. The molecule has 2 aromatic rings. The van der Waals surface area contributed by atoms with Crippen molar-refractivity contribution in [3.63, 3.8) is 0 Å². The van der Waals surface area contributed by atoms with Gasteiger partial charge in [0, 0.05) is 28.7 Å². The summed E-state index contributed by atoms with van der Waals surface area (Å²) in [4.78, 5) is 11.1. The third-order valence-electron chi connectivity index (χ3n) is 3.61. The van der Waals surface area contributed by atoms with E-state index in [-0.39, 0.29) is 0 Å². The molecule has 0 radical (unpaired) electrons. The van der Waals surface area contributed by atoms with Gasteiger partial charge in [-0.15, -0.1) is 0 Å². The number of halogens is 1. The van der Waals surface area contributed by atoms with E-state index in [4.69, 9.17) is 11.6 Å². The third kappa shape index (κ3) is 2.44. The molecule has 96 valence electrons. The number of benzene rings is 1. The lowest BCUT2D eigenvalue weighted by molar-refractivity contribution is 0.112. The number of hydrogen-bond donors (Lipinski definition) is 0. The summed E-state index contributed by atoms with van der Waals surface area (Å²) in [7, 11) is 0. The van der Waals surface area contributed by atoms with Gasteiger partial charge in [-0.05, 0) is 18.1 Å². The molecule has 0 amide bonds. The lowest BCUT2D eigenvalue weighted by atomic mass is 10.0. The molecule has 0 fully saturated rings. The minimum absolute atomic E-state index is 0.638. The van der Waals surface area contributed by atoms with E-state index in [1.807, 2.05) is 24.4 Å². The Morgan fingerprint density at radius 2 is 2.06 bits per heavy atom. The van der Waals surface area contributed by atoms with E-state index in [9.17, 15) is 4.79 Å². The molecule has 0 unspecified atom stereocenters. The molecule has 2 nitrogen and oxygen atoms in total. The smallest absolute Gasteiger partial charge is 0.152 e. The largest absolute Gasteiger partial charge is 0.346 e. The van der Waals surface area contributed by atoms with Crippen molar-refractivity contribution in [2.75, 3.05) is 0 Å². The first-order valence-electron chi connectivity index (χ1n) is 6.43. The highest BCUT2D eigenvalue weighted by Crippen LogP contribution is 2.25. The van der Waals surface area contributed by atoms with E-state index in [1.165, 1.54) is 0 Å². The Hall–Kier alpha value is -1.28. The predicted octanol–water partition coefficient (Wildman–Crippen LogP) is 4.54.